The third kappa shape index (κ3) is 4.88. The fraction of sp³-hybridized carbons (Fsp3) is 0.769. The second-order valence-corrected chi connectivity index (χ2v) is 5.25. The van der Waals surface area contributed by atoms with Crippen LogP contribution >= 0.6 is 0 Å². The molecule has 98 valence electrons. The van der Waals surface area contributed by atoms with E-state index < -0.39 is 0 Å². The van der Waals surface area contributed by atoms with Gasteiger partial charge in [0.25, 0.3) is 0 Å². The molecule has 1 heterocycles. The van der Waals surface area contributed by atoms with Crippen molar-refractivity contribution in [1.82, 2.24) is 15.1 Å². The number of rotatable bonds is 6. The number of nitrogens with one attached hydrogen (secondary N) is 1. The van der Waals surface area contributed by atoms with Crippen molar-refractivity contribution in [3.05, 3.63) is 18.0 Å². The van der Waals surface area contributed by atoms with Gasteiger partial charge in [0.05, 0.1) is 24.9 Å². The van der Waals surface area contributed by atoms with E-state index in [2.05, 4.69) is 44.3 Å². The quantitative estimate of drug-likeness (QED) is 0.828. The molecule has 0 radical (unpaired) electrons. The molecule has 0 aliphatic carbocycles. The first-order chi connectivity index (χ1) is 7.96. The zero-order valence-corrected chi connectivity index (χ0v) is 11.7. The molecular formula is C13H25N3O. The minimum Gasteiger partial charge on any atom is -0.374 e. The molecule has 0 saturated heterocycles. The van der Waals surface area contributed by atoms with Crippen LogP contribution in [-0.2, 0) is 11.3 Å². The lowest BCUT2D eigenvalue weighted by Gasteiger charge is -2.19. The van der Waals surface area contributed by atoms with Crippen molar-refractivity contribution in [1.29, 1.82) is 0 Å². The van der Waals surface area contributed by atoms with Gasteiger partial charge in [-0.2, -0.15) is 5.10 Å². The lowest BCUT2D eigenvalue weighted by Crippen LogP contribution is -2.22. The van der Waals surface area contributed by atoms with Gasteiger partial charge in [-0.1, -0.05) is 6.92 Å². The van der Waals surface area contributed by atoms with E-state index in [1.54, 1.807) is 0 Å². The van der Waals surface area contributed by atoms with E-state index in [0.29, 0.717) is 12.6 Å². The predicted octanol–water partition coefficient (Wildman–Crippen LogP) is 2.37. The molecule has 1 N–H and O–H groups in total. The van der Waals surface area contributed by atoms with Crippen LogP contribution in [0.15, 0.2) is 12.4 Å². The van der Waals surface area contributed by atoms with Gasteiger partial charge in [0.1, 0.15) is 0 Å². The molecule has 0 aliphatic rings. The Morgan fingerprint density at radius 1 is 1.47 bits per heavy atom. The number of hydrogen-bond acceptors (Lipinski definition) is 3. The molecule has 1 aromatic rings. The summed E-state index contributed by atoms with van der Waals surface area (Å²) in [6.45, 7) is 9.86. The van der Waals surface area contributed by atoms with Crippen LogP contribution in [0, 0.1) is 0 Å². The molecule has 1 atom stereocenters. The van der Waals surface area contributed by atoms with Crippen LogP contribution in [0.3, 0.4) is 0 Å². The molecule has 4 nitrogen and oxygen atoms in total. The van der Waals surface area contributed by atoms with Gasteiger partial charge in [0.2, 0.25) is 0 Å². The Morgan fingerprint density at radius 3 is 2.71 bits per heavy atom. The molecule has 0 saturated carbocycles. The Hall–Kier alpha value is -0.870. The lowest BCUT2D eigenvalue weighted by molar-refractivity contribution is -0.00790. The summed E-state index contributed by atoms with van der Waals surface area (Å²) in [6, 6.07) is 0.396. The summed E-state index contributed by atoms with van der Waals surface area (Å²) in [5.41, 5.74) is 1.16. The molecule has 4 heteroatoms. The first-order valence-electron chi connectivity index (χ1n) is 6.30. The highest BCUT2D eigenvalue weighted by Crippen LogP contribution is 2.14. The van der Waals surface area contributed by atoms with Gasteiger partial charge < -0.3 is 10.1 Å². The highest BCUT2D eigenvalue weighted by molar-refractivity contribution is 5.09. The molecule has 0 fully saturated rings. The molecule has 1 unspecified atom stereocenters. The SMILES string of the molecule is CCC(NC)c1cnn(CCOC(C)(C)C)c1. The Morgan fingerprint density at radius 2 is 2.18 bits per heavy atom. The van der Waals surface area contributed by atoms with Crippen LogP contribution in [-0.4, -0.2) is 29.0 Å². The third-order valence-electron chi connectivity index (χ3n) is 2.67. The van der Waals surface area contributed by atoms with Crippen molar-refractivity contribution >= 4 is 0 Å². The summed E-state index contributed by atoms with van der Waals surface area (Å²) < 4.78 is 7.62. The van der Waals surface area contributed by atoms with Crippen LogP contribution < -0.4 is 5.32 Å². The van der Waals surface area contributed by atoms with Gasteiger partial charge in [0.15, 0.2) is 0 Å². The summed E-state index contributed by atoms with van der Waals surface area (Å²) in [5, 5.41) is 7.63. The topological polar surface area (TPSA) is 39.1 Å². The van der Waals surface area contributed by atoms with Crippen LogP contribution in [0.2, 0.25) is 0 Å². The van der Waals surface area contributed by atoms with Gasteiger partial charge in [0, 0.05) is 17.8 Å². The highest BCUT2D eigenvalue weighted by atomic mass is 16.5. The Balaban J connectivity index is 2.46. The standard InChI is InChI=1S/C13H25N3O/c1-6-12(14-5)11-9-15-16(10-11)7-8-17-13(2,3)4/h9-10,12,14H,6-8H2,1-5H3. The molecule has 0 spiro atoms. The van der Waals surface area contributed by atoms with Crippen molar-refractivity contribution in [3.8, 4) is 0 Å². The van der Waals surface area contributed by atoms with E-state index in [9.17, 15) is 0 Å². The minimum atomic E-state index is -0.0765. The summed E-state index contributed by atoms with van der Waals surface area (Å²) in [6.07, 6.45) is 5.10. The van der Waals surface area contributed by atoms with Crippen molar-refractivity contribution in [2.75, 3.05) is 13.7 Å². The van der Waals surface area contributed by atoms with Crippen molar-refractivity contribution in [2.24, 2.45) is 0 Å². The molecular weight excluding hydrogens is 214 g/mol. The minimum absolute atomic E-state index is 0.0765. The van der Waals surface area contributed by atoms with Crippen LogP contribution in [0.1, 0.15) is 45.7 Å². The molecule has 0 amide bonds. The van der Waals surface area contributed by atoms with Crippen LogP contribution in [0.25, 0.3) is 0 Å². The summed E-state index contributed by atoms with van der Waals surface area (Å²) in [7, 11) is 1.98. The second-order valence-electron chi connectivity index (χ2n) is 5.25. The van der Waals surface area contributed by atoms with Crippen molar-refractivity contribution in [2.45, 2.75) is 52.3 Å². The average Bonchev–Trinajstić information content (AvgIpc) is 2.67. The normalized spacial score (nSPS) is 13.9. The number of ether oxygens (including phenoxy) is 1. The zero-order valence-electron chi connectivity index (χ0n) is 11.7. The highest BCUT2D eigenvalue weighted by Gasteiger charge is 2.11. The van der Waals surface area contributed by atoms with Gasteiger partial charge in [-0.05, 0) is 34.2 Å². The lowest BCUT2D eigenvalue weighted by atomic mass is 10.1. The van der Waals surface area contributed by atoms with E-state index in [1.807, 2.05) is 17.9 Å². The van der Waals surface area contributed by atoms with E-state index >= 15 is 0 Å². The monoisotopic (exact) mass is 239 g/mol. The smallest absolute Gasteiger partial charge is 0.0669 e. The van der Waals surface area contributed by atoms with Gasteiger partial charge >= 0.3 is 0 Å². The van der Waals surface area contributed by atoms with Crippen molar-refractivity contribution < 1.29 is 4.74 Å². The average molecular weight is 239 g/mol. The summed E-state index contributed by atoms with van der Waals surface area (Å²) in [4.78, 5) is 0. The van der Waals surface area contributed by atoms with E-state index in [1.165, 1.54) is 5.56 Å². The second kappa shape index (κ2) is 6.17. The summed E-state index contributed by atoms with van der Waals surface area (Å²) >= 11 is 0. The van der Waals surface area contributed by atoms with Crippen LogP contribution in [0.4, 0.5) is 0 Å². The molecule has 0 bridgehead atoms. The maximum absolute atomic E-state index is 5.68. The molecule has 17 heavy (non-hydrogen) atoms. The van der Waals surface area contributed by atoms with Gasteiger partial charge in [-0.15, -0.1) is 0 Å². The van der Waals surface area contributed by atoms with E-state index in [0.717, 1.165) is 13.0 Å². The number of aromatic nitrogens is 2. The Kier molecular flexibility index (Phi) is 5.15. The Labute approximate surface area is 104 Å². The number of nitrogens with zero attached hydrogens (tertiary/aromatic N) is 2. The fourth-order valence-electron chi connectivity index (χ4n) is 1.73. The molecule has 0 aromatic carbocycles. The van der Waals surface area contributed by atoms with E-state index in [-0.39, 0.29) is 5.60 Å². The maximum Gasteiger partial charge on any atom is 0.0669 e. The molecule has 0 aliphatic heterocycles. The summed E-state index contributed by atoms with van der Waals surface area (Å²) in [5.74, 6) is 0. The Bertz CT molecular complexity index is 324. The molecule has 1 aromatic heterocycles. The fourth-order valence-corrected chi connectivity index (χ4v) is 1.73. The first kappa shape index (κ1) is 14.2. The molecule has 1 rings (SSSR count). The van der Waals surface area contributed by atoms with Gasteiger partial charge in [-0.25, -0.2) is 0 Å². The van der Waals surface area contributed by atoms with Crippen molar-refractivity contribution in [3.63, 3.8) is 0 Å². The predicted molar refractivity (Wildman–Crippen MR) is 70.0 cm³/mol. The van der Waals surface area contributed by atoms with Gasteiger partial charge in [-0.3, -0.25) is 4.68 Å². The van der Waals surface area contributed by atoms with Crippen LogP contribution in [0.5, 0.6) is 0 Å². The van der Waals surface area contributed by atoms with E-state index in [4.69, 9.17) is 4.74 Å². The largest absolute Gasteiger partial charge is 0.374 e. The first-order valence-corrected chi connectivity index (χ1v) is 6.30. The third-order valence-corrected chi connectivity index (χ3v) is 2.67. The number of hydrogen-bond donors (Lipinski definition) is 1. The maximum atomic E-state index is 5.68. The zero-order chi connectivity index (χ0) is 12.9.